The maximum absolute atomic E-state index is 12.6. The fraction of sp³-hybridized carbons (Fsp3) is 0.278. The largest absolute Gasteiger partial charge is 0.495 e. The molecule has 0 aliphatic carbocycles. The first-order chi connectivity index (χ1) is 13.0. The van der Waals surface area contributed by atoms with E-state index in [2.05, 4.69) is 4.72 Å². The molecule has 0 bridgehead atoms. The summed E-state index contributed by atoms with van der Waals surface area (Å²) < 4.78 is 33.0. The van der Waals surface area contributed by atoms with Crippen molar-refractivity contribution in [1.82, 2.24) is 4.90 Å². The molecule has 0 radical (unpaired) electrons. The molecule has 144 valence electrons. The monoisotopic (exact) mass is 424 g/mol. The Labute approximate surface area is 167 Å². The van der Waals surface area contributed by atoms with Crippen LogP contribution in [0.15, 0.2) is 53.4 Å². The summed E-state index contributed by atoms with van der Waals surface area (Å²) in [6.07, 6.45) is 0. The zero-order chi connectivity index (χ0) is 19.3. The lowest BCUT2D eigenvalue weighted by Gasteiger charge is -2.19. The number of carbonyl (C=O) groups is 1. The fourth-order valence-corrected chi connectivity index (χ4v) is 5.67. The minimum absolute atomic E-state index is 0.0697. The lowest BCUT2D eigenvalue weighted by molar-refractivity contribution is 0.0776. The molecule has 0 atom stereocenters. The first-order valence-corrected chi connectivity index (χ1v) is 12.3. The van der Waals surface area contributed by atoms with E-state index in [1.807, 2.05) is 4.90 Å². The van der Waals surface area contributed by atoms with Gasteiger partial charge in [0.05, 0.1) is 17.7 Å². The van der Waals surface area contributed by atoms with Crippen molar-refractivity contribution in [3.05, 3.63) is 54.1 Å². The van der Waals surface area contributed by atoms with E-state index in [1.54, 1.807) is 58.0 Å². The summed E-state index contributed by atoms with van der Waals surface area (Å²) in [5.41, 5.74) is 0.850. The number of sulfonamides is 1. The number of nitrogens with one attached hydrogen (secondary N) is 1. The fourth-order valence-electron chi connectivity index (χ4n) is 2.62. The first kappa shape index (κ1) is 19.9. The highest BCUT2D eigenvalue weighted by atomic mass is 33.1. The van der Waals surface area contributed by atoms with Crippen molar-refractivity contribution in [2.24, 2.45) is 0 Å². The molecule has 27 heavy (non-hydrogen) atoms. The Morgan fingerprint density at radius 2 is 1.67 bits per heavy atom. The molecular formula is C18H20N2O4S3. The van der Waals surface area contributed by atoms with Gasteiger partial charge in [-0.1, -0.05) is 33.7 Å². The van der Waals surface area contributed by atoms with E-state index in [9.17, 15) is 13.2 Å². The molecule has 1 saturated heterocycles. The number of methoxy groups -OCH3 is 1. The second kappa shape index (κ2) is 8.90. The van der Waals surface area contributed by atoms with E-state index in [0.717, 1.165) is 11.5 Å². The Morgan fingerprint density at radius 1 is 1.04 bits per heavy atom. The van der Waals surface area contributed by atoms with E-state index >= 15 is 0 Å². The van der Waals surface area contributed by atoms with Gasteiger partial charge in [0.1, 0.15) is 5.75 Å². The third kappa shape index (κ3) is 4.91. The van der Waals surface area contributed by atoms with Crippen molar-refractivity contribution in [3.8, 4) is 5.75 Å². The molecule has 1 N–H and O–H groups in total. The highest BCUT2D eigenvalue weighted by molar-refractivity contribution is 8.76. The number of amides is 1. The highest BCUT2D eigenvalue weighted by Crippen LogP contribution is 2.27. The van der Waals surface area contributed by atoms with Gasteiger partial charge in [-0.25, -0.2) is 8.42 Å². The normalized spacial score (nSPS) is 15.1. The topological polar surface area (TPSA) is 75.7 Å². The summed E-state index contributed by atoms with van der Waals surface area (Å²) in [5.74, 6) is 2.15. The lowest BCUT2D eigenvalue weighted by atomic mass is 10.2. The van der Waals surface area contributed by atoms with Crippen LogP contribution in [0.3, 0.4) is 0 Å². The maximum Gasteiger partial charge on any atom is 0.262 e. The van der Waals surface area contributed by atoms with Crippen LogP contribution < -0.4 is 9.46 Å². The lowest BCUT2D eigenvalue weighted by Crippen LogP contribution is -2.33. The van der Waals surface area contributed by atoms with Crippen LogP contribution in [-0.4, -0.2) is 50.9 Å². The Morgan fingerprint density at radius 3 is 2.30 bits per heavy atom. The van der Waals surface area contributed by atoms with Gasteiger partial charge in [0.15, 0.2) is 0 Å². The van der Waals surface area contributed by atoms with Crippen molar-refractivity contribution < 1.29 is 17.9 Å². The quantitative estimate of drug-likeness (QED) is 0.742. The number of ether oxygens (including phenoxy) is 1. The number of hydrogen-bond donors (Lipinski definition) is 1. The number of rotatable bonds is 5. The molecule has 0 unspecified atom stereocenters. The minimum atomic E-state index is -3.78. The Bertz CT molecular complexity index is 893. The van der Waals surface area contributed by atoms with Crippen molar-refractivity contribution in [3.63, 3.8) is 0 Å². The highest BCUT2D eigenvalue weighted by Gasteiger charge is 2.20. The van der Waals surface area contributed by atoms with Gasteiger partial charge in [0.25, 0.3) is 15.9 Å². The van der Waals surface area contributed by atoms with Crippen LogP contribution in [0.25, 0.3) is 0 Å². The maximum atomic E-state index is 12.6. The van der Waals surface area contributed by atoms with Gasteiger partial charge in [-0.15, -0.1) is 0 Å². The molecule has 0 saturated carbocycles. The van der Waals surface area contributed by atoms with Crippen LogP contribution in [0.2, 0.25) is 0 Å². The molecule has 3 rings (SSSR count). The number of benzene rings is 2. The van der Waals surface area contributed by atoms with Gasteiger partial charge >= 0.3 is 0 Å². The zero-order valence-electron chi connectivity index (χ0n) is 14.8. The van der Waals surface area contributed by atoms with Crippen LogP contribution in [0.4, 0.5) is 5.69 Å². The summed E-state index contributed by atoms with van der Waals surface area (Å²) in [7, 11) is 1.23. The van der Waals surface area contributed by atoms with Gasteiger partial charge in [0.2, 0.25) is 0 Å². The van der Waals surface area contributed by atoms with Crippen LogP contribution >= 0.6 is 21.6 Å². The number of carbonyl (C=O) groups excluding carboxylic acids is 1. The molecule has 1 aliphatic heterocycles. The predicted molar refractivity (Wildman–Crippen MR) is 111 cm³/mol. The second-order valence-corrected chi connectivity index (χ2v) is 10.2. The Balaban J connectivity index is 1.76. The van der Waals surface area contributed by atoms with Crippen LogP contribution in [0.1, 0.15) is 10.4 Å². The average molecular weight is 425 g/mol. The second-order valence-electron chi connectivity index (χ2n) is 5.77. The average Bonchev–Trinajstić information content (AvgIpc) is 2.97. The van der Waals surface area contributed by atoms with Gasteiger partial charge in [0, 0.05) is 30.2 Å². The number of para-hydroxylation sites is 2. The summed E-state index contributed by atoms with van der Waals surface area (Å²) in [6.45, 7) is 1.40. The van der Waals surface area contributed by atoms with Crippen molar-refractivity contribution in [2.75, 3.05) is 36.4 Å². The summed E-state index contributed by atoms with van der Waals surface area (Å²) in [6, 6.07) is 12.8. The van der Waals surface area contributed by atoms with Gasteiger partial charge in [-0.05, 0) is 36.4 Å². The van der Waals surface area contributed by atoms with Gasteiger partial charge in [-0.3, -0.25) is 9.52 Å². The number of nitrogens with zero attached hydrogens (tertiary/aromatic N) is 1. The summed E-state index contributed by atoms with van der Waals surface area (Å²) in [4.78, 5) is 14.5. The van der Waals surface area contributed by atoms with E-state index in [0.29, 0.717) is 30.1 Å². The van der Waals surface area contributed by atoms with E-state index in [-0.39, 0.29) is 10.8 Å². The molecular weight excluding hydrogens is 404 g/mol. The minimum Gasteiger partial charge on any atom is -0.495 e. The SMILES string of the molecule is COc1ccccc1NS(=O)(=O)c1ccc(C(=O)N2CCSSCC2)cc1. The van der Waals surface area contributed by atoms with E-state index in [4.69, 9.17) is 4.74 Å². The van der Waals surface area contributed by atoms with Crippen molar-refractivity contribution >= 4 is 43.2 Å². The molecule has 2 aromatic rings. The van der Waals surface area contributed by atoms with Crippen LogP contribution in [0, 0.1) is 0 Å². The molecule has 1 amide bonds. The van der Waals surface area contributed by atoms with Gasteiger partial charge < -0.3 is 9.64 Å². The first-order valence-electron chi connectivity index (χ1n) is 8.31. The van der Waals surface area contributed by atoms with Crippen LogP contribution in [-0.2, 0) is 10.0 Å². The molecule has 0 spiro atoms. The standard InChI is InChI=1S/C18H20N2O4S3/c1-24-17-5-3-2-4-16(17)19-27(22,23)15-8-6-14(7-9-15)18(21)20-10-12-25-26-13-11-20/h2-9,19H,10-13H2,1H3. The Kier molecular flexibility index (Phi) is 6.56. The molecule has 1 fully saturated rings. The molecule has 6 nitrogen and oxygen atoms in total. The Hall–Kier alpha value is -1.84. The van der Waals surface area contributed by atoms with E-state index in [1.165, 1.54) is 19.2 Å². The van der Waals surface area contributed by atoms with Gasteiger partial charge in [-0.2, -0.15) is 0 Å². The number of hydrogen-bond acceptors (Lipinski definition) is 6. The molecule has 2 aromatic carbocycles. The predicted octanol–water partition coefficient (Wildman–Crippen LogP) is 3.33. The third-order valence-corrected chi connectivity index (χ3v) is 7.77. The number of anilines is 1. The molecule has 1 aliphatic rings. The molecule has 1 heterocycles. The van der Waals surface area contributed by atoms with E-state index < -0.39 is 10.0 Å². The summed E-state index contributed by atoms with van der Waals surface area (Å²) in [5, 5.41) is 0. The summed E-state index contributed by atoms with van der Waals surface area (Å²) >= 11 is 0. The molecule has 9 heteroatoms. The van der Waals surface area contributed by atoms with Crippen molar-refractivity contribution in [2.45, 2.75) is 4.90 Å². The molecule has 0 aromatic heterocycles. The van der Waals surface area contributed by atoms with Crippen molar-refractivity contribution in [1.29, 1.82) is 0 Å². The smallest absolute Gasteiger partial charge is 0.262 e. The van der Waals surface area contributed by atoms with Crippen LogP contribution in [0.5, 0.6) is 5.75 Å². The third-order valence-electron chi connectivity index (χ3n) is 4.02. The zero-order valence-corrected chi connectivity index (χ0v) is 17.2.